The average Bonchev–Trinajstić information content (AvgIpc) is 3.41. The largest absolute Gasteiger partial charge is 0.492 e. The van der Waals surface area contributed by atoms with Crippen molar-refractivity contribution in [3.63, 3.8) is 0 Å². The summed E-state index contributed by atoms with van der Waals surface area (Å²) in [5, 5.41) is 0.634. The molecule has 5 nitrogen and oxygen atoms in total. The summed E-state index contributed by atoms with van der Waals surface area (Å²) >= 11 is 6.18. The Balaban J connectivity index is 1.30. The van der Waals surface area contributed by atoms with Gasteiger partial charge in [-0.25, -0.2) is 4.98 Å². The van der Waals surface area contributed by atoms with Gasteiger partial charge in [-0.05, 0) is 56.2 Å². The maximum absolute atomic E-state index is 12.9. The number of aromatic nitrogens is 2. The number of rotatable bonds is 8. The lowest BCUT2D eigenvalue weighted by Crippen LogP contribution is -2.24. The number of imidazole rings is 1. The van der Waals surface area contributed by atoms with E-state index in [0.717, 1.165) is 47.7 Å². The Morgan fingerprint density at radius 3 is 2.59 bits per heavy atom. The molecule has 2 heterocycles. The lowest BCUT2D eigenvalue weighted by Gasteiger charge is -2.18. The molecule has 0 saturated carbocycles. The highest BCUT2D eigenvalue weighted by molar-refractivity contribution is 6.32. The number of benzene rings is 3. The minimum Gasteiger partial charge on any atom is -0.492 e. The molecule has 1 aliphatic heterocycles. The standard InChI is InChI=1S/C28H28ClN3O2/c1-20-12-14-22(15-13-20)32-19-21(18-27(32)33)28-30-24-9-3-4-10-25(24)31(28)16-6-7-17-34-26-11-5-2-8-23(26)29/h2-5,8-15,21H,6-7,16-19H2,1H3. The number of carbonyl (C=O) groups excluding carboxylic acids is 1. The number of amides is 1. The van der Waals surface area contributed by atoms with Crippen LogP contribution in [0.3, 0.4) is 0 Å². The highest BCUT2D eigenvalue weighted by Crippen LogP contribution is 2.33. The van der Waals surface area contributed by atoms with Crippen molar-refractivity contribution in [2.75, 3.05) is 18.1 Å². The van der Waals surface area contributed by atoms with Gasteiger partial charge in [0.25, 0.3) is 0 Å². The predicted molar refractivity (Wildman–Crippen MR) is 137 cm³/mol. The molecule has 6 heteroatoms. The number of hydrogen-bond acceptors (Lipinski definition) is 3. The molecule has 1 saturated heterocycles. The van der Waals surface area contributed by atoms with Gasteiger partial charge in [0.15, 0.2) is 0 Å². The van der Waals surface area contributed by atoms with E-state index in [0.29, 0.717) is 24.6 Å². The predicted octanol–water partition coefficient (Wildman–Crippen LogP) is 6.38. The van der Waals surface area contributed by atoms with Crippen LogP contribution in [0.15, 0.2) is 72.8 Å². The quantitative estimate of drug-likeness (QED) is 0.279. The highest BCUT2D eigenvalue weighted by atomic mass is 35.5. The SMILES string of the molecule is Cc1ccc(N2CC(c3nc4ccccc4n3CCCCOc3ccccc3Cl)CC2=O)cc1. The van der Waals surface area contributed by atoms with Gasteiger partial charge in [0, 0.05) is 31.1 Å². The van der Waals surface area contributed by atoms with Gasteiger partial charge in [-0.15, -0.1) is 0 Å². The number of anilines is 1. The van der Waals surface area contributed by atoms with E-state index in [4.69, 9.17) is 21.3 Å². The second kappa shape index (κ2) is 9.90. The van der Waals surface area contributed by atoms with Crippen molar-refractivity contribution in [2.24, 2.45) is 0 Å². The molecule has 5 rings (SSSR count). The van der Waals surface area contributed by atoms with E-state index in [-0.39, 0.29) is 11.8 Å². The smallest absolute Gasteiger partial charge is 0.227 e. The molecule has 34 heavy (non-hydrogen) atoms. The number of hydrogen-bond donors (Lipinski definition) is 0. The fourth-order valence-electron chi connectivity index (χ4n) is 4.61. The number of aryl methyl sites for hydroxylation is 2. The van der Waals surface area contributed by atoms with Crippen LogP contribution < -0.4 is 9.64 Å². The molecule has 3 aromatic carbocycles. The maximum Gasteiger partial charge on any atom is 0.227 e. The van der Waals surface area contributed by atoms with Crippen LogP contribution in [0.4, 0.5) is 5.69 Å². The Labute approximate surface area is 204 Å². The summed E-state index contributed by atoms with van der Waals surface area (Å²) in [5.74, 6) is 1.94. The molecule has 1 amide bonds. The molecule has 1 fully saturated rings. The monoisotopic (exact) mass is 473 g/mol. The lowest BCUT2D eigenvalue weighted by atomic mass is 10.1. The molecule has 4 aromatic rings. The van der Waals surface area contributed by atoms with Crippen LogP contribution in [-0.4, -0.2) is 28.6 Å². The molecule has 1 unspecified atom stereocenters. The molecule has 0 bridgehead atoms. The van der Waals surface area contributed by atoms with Crippen LogP contribution in [0.25, 0.3) is 11.0 Å². The number of nitrogens with zero attached hydrogens (tertiary/aromatic N) is 3. The normalized spacial score (nSPS) is 15.9. The summed E-state index contributed by atoms with van der Waals surface area (Å²) in [6, 6.07) is 23.9. The van der Waals surface area contributed by atoms with Crippen molar-refractivity contribution in [3.8, 4) is 5.75 Å². The third-order valence-electron chi connectivity index (χ3n) is 6.39. The van der Waals surface area contributed by atoms with Gasteiger partial charge in [0.05, 0.1) is 22.7 Å². The number of halogens is 1. The molecule has 0 aliphatic carbocycles. The Bertz CT molecular complexity index is 1300. The fraction of sp³-hybridized carbons (Fsp3) is 0.286. The topological polar surface area (TPSA) is 47.4 Å². The van der Waals surface area contributed by atoms with Gasteiger partial charge in [-0.2, -0.15) is 0 Å². The molecule has 1 atom stereocenters. The van der Waals surface area contributed by atoms with Crippen molar-refractivity contribution < 1.29 is 9.53 Å². The van der Waals surface area contributed by atoms with Crippen LogP contribution in [0.2, 0.25) is 5.02 Å². The zero-order chi connectivity index (χ0) is 23.5. The van der Waals surface area contributed by atoms with Crippen LogP contribution >= 0.6 is 11.6 Å². The van der Waals surface area contributed by atoms with E-state index in [2.05, 4.69) is 29.7 Å². The summed E-state index contributed by atoms with van der Waals surface area (Å²) in [6.07, 6.45) is 2.32. The van der Waals surface area contributed by atoms with Crippen molar-refractivity contribution in [1.29, 1.82) is 0 Å². The van der Waals surface area contributed by atoms with Gasteiger partial charge < -0.3 is 14.2 Å². The maximum atomic E-state index is 12.9. The van der Waals surface area contributed by atoms with Gasteiger partial charge in [-0.1, -0.05) is 53.6 Å². The molecule has 0 spiro atoms. The van der Waals surface area contributed by atoms with E-state index in [1.54, 1.807) is 0 Å². The minimum absolute atomic E-state index is 0.0700. The van der Waals surface area contributed by atoms with Crippen LogP contribution in [0.1, 0.15) is 36.6 Å². The van der Waals surface area contributed by atoms with E-state index in [1.165, 1.54) is 5.56 Å². The lowest BCUT2D eigenvalue weighted by molar-refractivity contribution is -0.117. The zero-order valence-electron chi connectivity index (χ0n) is 19.3. The average molecular weight is 474 g/mol. The Morgan fingerprint density at radius 1 is 1.00 bits per heavy atom. The van der Waals surface area contributed by atoms with Gasteiger partial charge in [0.1, 0.15) is 11.6 Å². The fourth-order valence-corrected chi connectivity index (χ4v) is 4.80. The summed E-state index contributed by atoms with van der Waals surface area (Å²) in [4.78, 5) is 19.8. The zero-order valence-corrected chi connectivity index (χ0v) is 20.0. The number of unbranched alkanes of at least 4 members (excludes halogenated alkanes) is 1. The Hall–Kier alpha value is -3.31. The molecule has 0 radical (unpaired) electrons. The summed E-state index contributed by atoms with van der Waals surface area (Å²) in [5.41, 5.74) is 4.24. The summed E-state index contributed by atoms with van der Waals surface area (Å²) < 4.78 is 8.14. The number of ether oxygens (including phenoxy) is 1. The van der Waals surface area contributed by atoms with Crippen LogP contribution in [-0.2, 0) is 11.3 Å². The van der Waals surface area contributed by atoms with Crippen molar-refractivity contribution in [3.05, 3.63) is 89.2 Å². The molecule has 1 aliphatic rings. The second-order valence-electron chi connectivity index (χ2n) is 8.84. The summed E-state index contributed by atoms with van der Waals surface area (Å²) in [7, 11) is 0. The number of carbonyl (C=O) groups is 1. The molecular formula is C28H28ClN3O2. The van der Waals surface area contributed by atoms with E-state index in [9.17, 15) is 4.79 Å². The van der Waals surface area contributed by atoms with E-state index >= 15 is 0 Å². The first kappa shape index (κ1) is 22.5. The number of para-hydroxylation sites is 3. The molecule has 1 aromatic heterocycles. The van der Waals surface area contributed by atoms with Gasteiger partial charge in [0.2, 0.25) is 5.91 Å². The third-order valence-corrected chi connectivity index (χ3v) is 6.70. The highest BCUT2D eigenvalue weighted by Gasteiger charge is 2.34. The molecule has 174 valence electrons. The third kappa shape index (κ3) is 4.66. The van der Waals surface area contributed by atoms with Gasteiger partial charge >= 0.3 is 0 Å². The van der Waals surface area contributed by atoms with Crippen LogP contribution in [0, 0.1) is 6.92 Å². The van der Waals surface area contributed by atoms with E-state index < -0.39 is 0 Å². The van der Waals surface area contributed by atoms with Crippen molar-refractivity contribution in [1.82, 2.24) is 9.55 Å². The molecular weight excluding hydrogens is 446 g/mol. The van der Waals surface area contributed by atoms with Crippen molar-refractivity contribution >= 4 is 34.2 Å². The molecule has 0 N–H and O–H groups in total. The second-order valence-corrected chi connectivity index (χ2v) is 9.24. The first-order chi connectivity index (χ1) is 16.6. The van der Waals surface area contributed by atoms with Crippen LogP contribution in [0.5, 0.6) is 5.75 Å². The van der Waals surface area contributed by atoms with Gasteiger partial charge in [-0.3, -0.25) is 4.79 Å². The first-order valence-corrected chi connectivity index (χ1v) is 12.2. The Morgan fingerprint density at radius 2 is 1.76 bits per heavy atom. The number of fused-ring (bicyclic) bond motifs is 1. The summed E-state index contributed by atoms with van der Waals surface area (Å²) in [6.45, 7) is 4.15. The Kier molecular flexibility index (Phi) is 6.54. The van der Waals surface area contributed by atoms with E-state index in [1.807, 2.05) is 59.5 Å². The van der Waals surface area contributed by atoms with Crippen molar-refractivity contribution in [2.45, 2.75) is 38.6 Å². The first-order valence-electron chi connectivity index (χ1n) is 11.8. The minimum atomic E-state index is 0.0700.